The molecule has 0 spiro atoms. The van der Waals surface area contributed by atoms with Crippen LogP contribution in [0.3, 0.4) is 0 Å². The highest BCUT2D eigenvalue weighted by Crippen LogP contribution is 2.27. The SMILES string of the molecule is N#Cc1ccc(S(=O)(=O)NC2CCCCC2Br)cc1Cl. The van der Waals surface area contributed by atoms with Gasteiger partial charge in [-0.1, -0.05) is 40.4 Å². The Bertz CT molecular complexity index is 642. The monoisotopic (exact) mass is 376 g/mol. The fourth-order valence-corrected chi connectivity index (χ4v) is 4.76. The standard InChI is InChI=1S/C13H14BrClN2O2S/c14-11-3-1-2-4-13(11)17-20(18,19)10-6-5-9(8-16)12(15)7-10/h5-7,11,13,17H,1-4H2. The van der Waals surface area contributed by atoms with Gasteiger partial charge in [-0.3, -0.25) is 0 Å². The first-order valence-electron chi connectivity index (χ1n) is 6.30. The van der Waals surface area contributed by atoms with Crippen LogP contribution < -0.4 is 4.72 Å². The third-order valence-electron chi connectivity index (χ3n) is 3.36. The van der Waals surface area contributed by atoms with Crippen molar-refractivity contribution in [1.82, 2.24) is 4.72 Å². The van der Waals surface area contributed by atoms with Gasteiger partial charge in [-0.25, -0.2) is 13.1 Å². The summed E-state index contributed by atoms with van der Waals surface area (Å²) in [6.07, 6.45) is 3.90. The highest BCUT2D eigenvalue weighted by atomic mass is 79.9. The molecule has 4 nitrogen and oxygen atoms in total. The summed E-state index contributed by atoms with van der Waals surface area (Å²) in [5.41, 5.74) is 0.265. The van der Waals surface area contributed by atoms with Gasteiger partial charge in [0, 0.05) is 10.9 Å². The van der Waals surface area contributed by atoms with E-state index in [0.29, 0.717) is 0 Å². The van der Waals surface area contributed by atoms with Gasteiger partial charge < -0.3 is 0 Å². The fourth-order valence-electron chi connectivity index (χ4n) is 2.24. The number of nitriles is 1. The van der Waals surface area contributed by atoms with E-state index in [1.807, 2.05) is 6.07 Å². The molecule has 0 aliphatic heterocycles. The lowest BCUT2D eigenvalue weighted by Gasteiger charge is -2.27. The molecule has 1 aliphatic carbocycles. The van der Waals surface area contributed by atoms with Gasteiger partial charge in [0.1, 0.15) is 6.07 Å². The molecule has 1 aromatic carbocycles. The topological polar surface area (TPSA) is 70.0 Å². The predicted molar refractivity (Wildman–Crippen MR) is 81.5 cm³/mol. The molecule has 2 rings (SSSR count). The first-order valence-corrected chi connectivity index (χ1v) is 9.08. The molecule has 1 fully saturated rings. The molecular weight excluding hydrogens is 364 g/mol. The first-order chi connectivity index (χ1) is 9.44. The molecule has 0 heterocycles. The van der Waals surface area contributed by atoms with Crippen molar-refractivity contribution in [1.29, 1.82) is 5.26 Å². The van der Waals surface area contributed by atoms with Crippen molar-refractivity contribution in [3.8, 4) is 6.07 Å². The number of nitrogens with zero attached hydrogens (tertiary/aromatic N) is 1. The van der Waals surface area contributed by atoms with Gasteiger partial charge in [0.25, 0.3) is 0 Å². The maximum absolute atomic E-state index is 12.3. The van der Waals surface area contributed by atoms with Gasteiger partial charge in [-0.05, 0) is 31.0 Å². The Balaban J connectivity index is 2.22. The Kier molecular flexibility index (Phi) is 5.08. The van der Waals surface area contributed by atoms with Crippen molar-refractivity contribution >= 4 is 37.6 Å². The van der Waals surface area contributed by atoms with Crippen LogP contribution in [0.5, 0.6) is 0 Å². The van der Waals surface area contributed by atoms with Crippen molar-refractivity contribution in [2.75, 3.05) is 0 Å². The third kappa shape index (κ3) is 3.53. The van der Waals surface area contributed by atoms with Gasteiger partial charge in [0.05, 0.1) is 15.5 Å². The maximum Gasteiger partial charge on any atom is 0.240 e. The number of sulfonamides is 1. The van der Waals surface area contributed by atoms with Crippen LogP contribution >= 0.6 is 27.5 Å². The summed E-state index contributed by atoms with van der Waals surface area (Å²) < 4.78 is 27.4. The van der Waals surface area contributed by atoms with E-state index in [-0.39, 0.29) is 26.4 Å². The van der Waals surface area contributed by atoms with Crippen LogP contribution in [0.25, 0.3) is 0 Å². The lowest BCUT2D eigenvalue weighted by molar-refractivity contribution is 0.427. The Hall–Kier alpha value is -0.610. The van der Waals surface area contributed by atoms with Gasteiger partial charge >= 0.3 is 0 Å². The summed E-state index contributed by atoms with van der Waals surface area (Å²) in [7, 11) is -3.61. The number of nitrogens with one attached hydrogen (secondary N) is 1. The zero-order valence-corrected chi connectivity index (χ0v) is 13.8. The minimum atomic E-state index is -3.61. The zero-order chi connectivity index (χ0) is 14.8. The Labute approximate surface area is 132 Å². The number of hydrogen-bond acceptors (Lipinski definition) is 3. The molecule has 0 saturated heterocycles. The smallest absolute Gasteiger partial charge is 0.207 e. The van der Waals surface area contributed by atoms with E-state index in [1.54, 1.807) is 0 Å². The highest BCUT2D eigenvalue weighted by Gasteiger charge is 2.28. The van der Waals surface area contributed by atoms with Crippen molar-refractivity contribution < 1.29 is 8.42 Å². The van der Waals surface area contributed by atoms with Crippen molar-refractivity contribution in [2.45, 2.75) is 41.4 Å². The average molecular weight is 378 g/mol. The van der Waals surface area contributed by atoms with Gasteiger partial charge in [0.2, 0.25) is 10.0 Å². The van der Waals surface area contributed by atoms with Crippen LogP contribution in [0.4, 0.5) is 0 Å². The molecule has 1 aliphatic rings. The molecule has 1 aromatic rings. The number of hydrogen-bond donors (Lipinski definition) is 1. The Morgan fingerprint density at radius 3 is 2.65 bits per heavy atom. The molecule has 0 amide bonds. The number of alkyl halides is 1. The highest BCUT2D eigenvalue weighted by molar-refractivity contribution is 9.09. The lowest BCUT2D eigenvalue weighted by Crippen LogP contribution is -2.42. The zero-order valence-electron chi connectivity index (χ0n) is 10.6. The van der Waals surface area contributed by atoms with Crippen LogP contribution in [0, 0.1) is 11.3 Å². The molecule has 108 valence electrons. The summed E-state index contributed by atoms with van der Waals surface area (Å²) in [5, 5.41) is 8.95. The van der Waals surface area contributed by atoms with E-state index in [4.69, 9.17) is 16.9 Å². The number of rotatable bonds is 3. The molecule has 0 bridgehead atoms. The molecule has 2 unspecified atom stereocenters. The van der Waals surface area contributed by atoms with Gasteiger partial charge in [0.15, 0.2) is 0 Å². The molecule has 7 heteroatoms. The van der Waals surface area contributed by atoms with Gasteiger partial charge in [-0.2, -0.15) is 5.26 Å². The van der Waals surface area contributed by atoms with E-state index < -0.39 is 10.0 Å². The second-order valence-electron chi connectivity index (χ2n) is 4.78. The molecule has 0 aromatic heterocycles. The minimum absolute atomic E-state index is 0.0896. The maximum atomic E-state index is 12.3. The van der Waals surface area contributed by atoms with E-state index in [0.717, 1.165) is 25.7 Å². The summed E-state index contributed by atoms with van der Waals surface area (Å²) in [5.74, 6) is 0. The second-order valence-corrected chi connectivity index (χ2v) is 8.08. The molecule has 1 N–H and O–H groups in total. The second kappa shape index (κ2) is 6.44. The van der Waals surface area contributed by atoms with Crippen LogP contribution in [0.15, 0.2) is 23.1 Å². The third-order valence-corrected chi connectivity index (χ3v) is 6.26. The fraction of sp³-hybridized carbons (Fsp3) is 0.462. The summed E-state index contributed by atoms with van der Waals surface area (Å²) in [6, 6.07) is 5.94. The van der Waals surface area contributed by atoms with Crippen molar-refractivity contribution in [3.05, 3.63) is 28.8 Å². The summed E-state index contributed by atoms with van der Waals surface area (Å²) >= 11 is 9.40. The van der Waals surface area contributed by atoms with Gasteiger partial charge in [-0.15, -0.1) is 0 Å². The van der Waals surface area contributed by atoms with E-state index >= 15 is 0 Å². The van der Waals surface area contributed by atoms with Crippen molar-refractivity contribution in [3.63, 3.8) is 0 Å². The van der Waals surface area contributed by atoms with Crippen LogP contribution in [0.2, 0.25) is 5.02 Å². The molecule has 2 atom stereocenters. The quantitative estimate of drug-likeness (QED) is 0.822. The van der Waals surface area contributed by atoms with Crippen LogP contribution in [-0.2, 0) is 10.0 Å². The Morgan fingerprint density at radius 1 is 1.35 bits per heavy atom. The average Bonchev–Trinajstić information content (AvgIpc) is 2.41. The molecular formula is C13H14BrClN2O2S. The first kappa shape index (κ1) is 15.8. The van der Waals surface area contributed by atoms with Crippen LogP contribution in [0.1, 0.15) is 31.2 Å². The van der Waals surface area contributed by atoms with Crippen LogP contribution in [-0.4, -0.2) is 19.3 Å². The van der Waals surface area contributed by atoms with Crippen molar-refractivity contribution in [2.24, 2.45) is 0 Å². The largest absolute Gasteiger partial charge is 0.240 e. The normalized spacial score (nSPS) is 23.2. The van der Waals surface area contributed by atoms with E-state index in [2.05, 4.69) is 20.7 Å². The summed E-state index contributed by atoms with van der Waals surface area (Å²) in [4.78, 5) is 0.242. The lowest BCUT2D eigenvalue weighted by atomic mass is 9.96. The molecule has 0 radical (unpaired) electrons. The molecule has 20 heavy (non-hydrogen) atoms. The Morgan fingerprint density at radius 2 is 2.05 bits per heavy atom. The predicted octanol–water partition coefficient (Wildman–Crippen LogP) is 3.20. The minimum Gasteiger partial charge on any atom is -0.207 e. The number of benzene rings is 1. The number of halogens is 2. The van der Waals surface area contributed by atoms with E-state index in [9.17, 15) is 8.42 Å². The molecule has 1 saturated carbocycles. The van der Waals surface area contributed by atoms with E-state index in [1.165, 1.54) is 18.2 Å². The summed E-state index contributed by atoms with van der Waals surface area (Å²) in [6.45, 7) is 0.